The Morgan fingerprint density at radius 1 is 0.258 bits per heavy atom. The Morgan fingerprint density at radius 3 is 1.24 bits per heavy atom. The summed E-state index contributed by atoms with van der Waals surface area (Å²) in [5.74, 6) is 0. The van der Waals surface area contributed by atoms with E-state index >= 15 is 0 Å². The highest BCUT2D eigenvalue weighted by molar-refractivity contribution is 5.91. The first-order chi connectivity index (χ1) is 32.5. The predicted octanol–water partition coefficient (Wildman–Crippen LogP) is 16.2. The molecule has 0 unspecified atom stereocenters. The van der Waals surface area contributed by atoms with Crippen molar-refractivity contribution in [3.8, 4) is 33.4 Å². The monoisotopic (exact) mass is 841 g/mol. The highest BCUT2D eigenvalue weighted by Crippen LogP contribution is 2.63. The first-order valence-corrected chi connectivity index (χ1v) is 23.3. The van der Waals surface area contributed by atoms with Crippen molar-refractivity contribution in [3.05, 3.63) is 304 Å². The number of para-hydroxylation sites is 1. The Morgan fingerprint density at radius 2 is 0.652 bits per heavy atom. The minimum atomic E-state index is -0.471. The van der Waals surface area contributed by atoms with E-state index in [-0.39, 0.29) is 5.41 Å². The maximum Gasteiger partial charge on any atom is 0.0720 e. The lowest BCUT2D eigenvalue weighted by molar-refractivity contribution is 0.563. The van der Waals surface area contributed by atoms with Gasteiger partial charge in [-0.15, -0.1) is 0 Å². The summed E-state index contributed by atoms with van der Waals surface area (Å²) in [5, 5.41) is 0. The molecule has 3 aliphatic carbocycles. The Labute approximate surface area is 388 Å². The van der Waals surface area contributed by atoms with E-state index in [0.717, 1.165) is 17.1 Å². The van der Waals surface area contributed by atoms with Crippen molar-refractivity contribution < 1.29 is 0 Å². The number of rotatable bonds is 6. The molecule has 1 heteroatoms. The van der Waals surface area contributed by atoms with Crippen LogP contribution in [0.2, 0.25) is 0 Å². The zero-order valence-electron chi connectivity index (χ0n) is 37.1. The van der Waals surface area contributed by atoms with Crippen molar-refractivity contribution in [1.29, 1.82) is 0 Å². The van der Waals surface area contributed by atoms with Gasteiger partial charge in [0.05, 0.1) is 10.8 Å². The standard InChI is InChI=1S/C65H47N/c1-63(2)59-32-18-19-33-61(59)65(56-30-16-12-26-51(56)52-27-13-17-31-57(52)65)62-43-50(39-41-60(62)63)66(48-24-10-5-11-25-48)49-37-34-44(35-38-49)45-36-40-58-54(42-45)53-28-14-15-29-55(53)64(58,46-20-6-3-7-21-46)47-22-8-4-9-23-47/h3-43H,1-2H3. The van der Waals surface area contributed by atoms with E-state index in [4.69, 9.17) is 0 Å². The third-order valence-corrected chi connectivity index (χ3v) is 15.2. The summed E-state index contributed by atoms with van der Waals surface area (Å²) < 4.78 is 0. The molecular weight excluding hydrogens is 795 g/mol. The van der Waals surface area contributed by atoms with Crippen LogP contribution in [0.5, 0.6) is 0 Å². The SMILES string of the molecule is CC1(C)c2ccccc2C2(c3ccccc3-c3ccccc32)c2cc(N(c3ccccc3)c3ccc(-c4ccc5c(c4)-c4ccccc4C5(c4ccccc4)c4ccccc4)cc3)ccc21. The molecule has 0 amide bonds. The quantitative estimate of drug-likeness (QED) is 0.161. The third-order valence-electron chi connectivity index (χ3n) is 15.2. The van der Waals surface area contributed by atoms with Crippen molar-refractivity contribution in [1.82, 2.24) is 0 Å². The van der Waals surface area contributed by atoms with Crippen LogP contribution in [0.4, 0.5) is 17.1 Å². The van der Waals surface area contributed by atoms with Gasteiger partial charge < -0.3 is 4.90 Å². The van der Waals surface area contributed by atoms with Crippen molar-refractivity contribution >= 4 is 17.1 Å². The smallest absolute Gasteiger partial charge is 0.0720 e. The van der Waals surface area contributed by atoms with Crippen molar-refractivity contribution in [2.75, 3.05) is 4.90 Å². The number of hydrogen-bond acceptors (Lipinski definition) is 1. The summed E-state index contributed by atoms with van der Waals surface area (Å²) in [6.45, 7) is 4.80. The van der Waals surface area contributed by atoms with Gasteiger partial charge in [-0.2, -0.15) is 0 Å². The lowest BCUT2D eigenvalue weighted by Gasteiger charge is -2.47. The molecule has 0 heterocycles. The molecular formula is C65H47N. The van der Waals surface area contributed by atoms with Crippen LogP contribution < -0.4 is 4.90 Å². The molecule has 0 atom stereocenters. The Balaban J connectivity index is 0.963. The van der Waals surface area contributed by atoms with E-state index in [1.165, 1.54) is 89.0 Å². The largest absolute Gasteiger partial charge is 0.310 e. The van der Waals surface area contributed by atoms with Crippen LogP contribution >= 0.6 is 0 Å². The zero-order chi connectivity index (χ0) is 44.0. The zero-order valence-corrected chi connectivity index (χ0v) is 37.1. The maximum absolute atomic E-state index is 2.51. The molecule has 0 fully saturated rings. The van der Waals surface area contributed by atoms with E-state index < -0.39 is 10.8 Å². The van der Waals surface area contributed by atoms with Crippen LogP contribution in [0, 0.1) is 0 Å². The summed E-state index contributed by atoms with van der Waals surface area (Å²) in [7, 11) is 0. The highest BCUT2D eigenvalue weighted by Gasteiger charge is 2.53. The van der Waals surface area contributed by atoms with Crippen LogP contribution in [0.25, 0.3) is 33.4 Å². The van der Waals surface area contributed by atoms with Crippen LogP contribution in [0.15, 0.2) is 249 Å². The fourth-order valence-corrected chi connectivity index (χ4v) is 12.4. The van der Waals surface area contributed by atoms with Crippen LogP contribution in [0.3, 0.4) is 0 Å². The van der Waals surface area contributed by atoms with Gasteiger partial charge in [0.25, 0.3) is 0 Å². The second kappa shape index (κ2) is 14.5. The summed E-state index contributed by atoms with van der Waals surface area (Å²) >= 11 is 0. The Kier molecular flexibility index (Phi) is 8.45. The van der Waals surface area contributed by atoms with Crippen molar-refractivity contribution in [2.45, 2.75) is 30.1 Å². The molecule has 0 saturated carbocycles. The molecule has 0 radical (unpaired) electrons. The molecule has 312 valence electrons. The average molecular weight is 842 g/mol. The highest BCUT2D eigenvalue weighted by atomic mass is 15.1. The number of anilines is 3. The lowest BCUT2D eigenvalue weighted by atomic mass is 9.55. The van der Waals surface area contributed by atoms with E-state index in [1.807, 2.05) is 0 Å². The molecule has 10 aromatic rings. The topological polar surface area (TPSA) is 3.24 Å². The molecule has 0 aromatic heterocycles. The van der Waals surface area contributed by atoms with Gasteiger partial charge in [0.1, 0.15) is 0 Å². The Bertz CT molecular complexity index is 3410. The van der Waals surface area contributed by atoms with Crippen LogP contribution in [-0.2, 0) is 16.2 Å². The van der Waals surface area contributed by atoms with Gasteiger partial charge in [0, 0.05) is 22.5 Å². The van der Waals surface area contributed by atoms with Gasteiger partial charge in [0.2, 0.25) is 0 Å². The van der Waals surface area contributed by atoms with E-state index in [1.54, 1.807) is 0 Å². The van der Waals surface area contributed by atoms with Gasteiger partial charge in [-0.25, -0.2) is 0 Å². The number of nitrogens with zero attached hydrogens (tertiary/aromatic N) is 1. The fourth-order valence-electron chi connectivity index (χ4n) is 12.4. The van der Waals surface area contributed by atoms with E-state index in [2.05, 4.69) is 267 Å². The van der Waals surface area contributed by atoms with E-state index in [0.29, 0.717) is 0 Å². The molecule has 3 aliphatic rings. The number of hydrogen-bond donors (Lipinski definition) is 0. The van der Waals surface area contributed by atoms with Crippen molar-refractivity contribution in [3.63, 3.8) is 0 Å². The number of benzene rings is 10. The second-order valence-corrected chi connectivity index (χ2v) is 18.7. The van der Waals surface area contributed by atoms with Gasteiger partial charge in [-0.05, 0) is 131 Å². The molecule has 0 bridgehead atoms. The molecule has 1 nitrogen and oxygen atoms in total. The fraction of sp³-hybridized carbons (Fsp3) is 0.0769. The van der Waals surface area contributed by atoms with Crippen LogP contribution in [0.1, 0.15) is 69.5 Å². The maximum atomic E-state index is 2.51. The Hall–Kier alpha value is -8.00. The summed E-state index contributed by atoms with van der Waals surface area (Å²) in [6, 6.07) is 92.9. The lowest BCUT2D eigenvalue weighted by Crippen LogP contribution is -2.40. The van der Waals surface area contributed by atoms with Gasteiger partial charge in [-0.3, -0.25) is 0 Å². The van der Waals surface area contributed by atoms with Crippen LogP contribution in [-0.4, -0.2) is 0 Å². The molecule has 10 aromatic carbocycles. The van der Waals surface area contributed by atoms with Gasteiger partial charge >= 0.3 is 0 Å². The molecule has 0 N–H and O–H groups in total. The predicted molar refractivity (Wildman–Crippen MR) is 273 cm³/mol. The minimum Gasteiger partial charge on any atom is -0.310 e. The summed E-state index contributed by atoms with van der Waals surface area (Å²) in [5.41, 5.74) is 23.2. The molecule has 13 rings (SSSR count). The molecule has 66 heavy (non-hydrogen) atoms. The minimum absolute atomic E-state index is 0.209. The summed E-state index contributed by atoms with van der Waals surface area (Å²) in [6.07, 6.45) is 0. The first kappa shape index (κ1) is 38.5. The third kappa shape index (κ3) is 5.23. The van der Waals surface area contributed by atoms with Gasteiger partial charge in [-0.1, -0.05) is 220 Å². The van der Waals surface area contributed by atoms with Gasteiger partial charge in [0.15, 0.2) is 0 Å². The second-order valence-electron chi connectivity index (χ2n) is 18.7. The first-order valence-electron chi connectivity index (χ1n) is 23.3. The number of fused-ring (bicyclic) bond motifs is 12. The molecule has 0 aliphatic heterocycles. The summed E-state index contributed by atoms with van der Waals surface area (Å²) in [4.78, 5) is 2.44. The van der Waals surface area contributed by atoms with E-state index in [9.17, 15) is 0 Å². The van der Waals surface area contributed by atoms with Crippen molar-refractivity contribution in [2.24, 2.45) is 0 Å². The molecule has 1 spiro atoms. The average Bonchev–Trinajstić information content (AvgIpc) is 3.85. The molecule has 0 saturated heterocycles. The normalized spacial score (nSPS) is 14.9.